The van der Waals surface area contributed by atoms with E-state index < -0.39 is 31.1 Å². The van der Waals surface area contributed by atoms with Crippen LogP contribution in [0.15, 0.2) is 0 Å². The van der Waals surface area contributed by atoms with Gasteiger partial charge in [0.2, 0.25) is 0 Å². The Morgan fingerprint density at radius 2 is 1.57 bits per heavy atom. The fourth-order valence-corrected chi connectivity index (χ4v) is 44.0. The predicted molar refractivity (Wildman–Crippen MR) is 105 cm³/mol. The van der Waals surface area contributed by atoms with Crippen molar-refractivity contribution in [3.8, 4) is 0 Å². The lowest BCUT2D eigenvalue weighted by Gasteiger charge is -2.60. The molecule has 0 saturated carbocycles. The lowest BCUT2D eigenvalue weighted by molar-refractivity contribution is 0.0897. The van der Waals surface area contributed by atoms with Gasteiger partial charge in [-0.05, 0) is 51.5 Å². The average Bonchev–Trinajstić information content (AvgIpc) is 2.07. The summed E-state index contributed by atoms with van der Waals surface area (Å²) in [7, 11) is -6.50. The molecule has 1 saturated heterocycles. The first-order valence-corrected chi connectivity index (χ1v) is 22.1. The molecule has 1 rings (SSSR count). The van der Waals surface area contributed by atoms with Crippen molar-refractivity contribution in [2.45, 2.75) is 91.2 Å². The first-order chi connectivity index (χ1) is 9.04. The van der Waals surface area contributed by atoms with Gasteiger partial charge in [-0.25, -0.2) is 0 Å². The molecule has 1 atom stereocenters. The highest BCUT2D eigenvalue weighted by Gasteiger charge is 2.67. The van der Waals surface area contributed by atoms with E-state index in [0.29, 0.717) is 5.92 Å². The maximum Gasteiger partial charge on any atom is 0.303 e. The zero-order valence-corrected chi connectivity index (χ0v) is 20.3. The van der Waals surface area contributed by atoms with Gasteiger partial charge in [0.1, 0.15) is 7.11 Å². The van der Waals surface area contributed by atoms with E-state index in [9.17, 15) is 0 Å². The van der Waals surface area contributed by atoms with Crippen LogP contribution in [0.4, 0.5) is 0 Å². The molecule has 0 aromatic carbocycles. The molecule has 1 aliphatic rings. The number of hydrogen-bond acceptors (Lipinski definition) is 2. The van der Waals surface area contributed by atoms with E-state index >= 15 is 0 Å². The van der Waals surface area contributed by atoms with Crippen LogP contribution >= 0.6 is 0 Å². The summed E-state index contributed by atoms with van der Waals surface area (Å²) < 4.78 is 14.0. The van der Waals surface area contributed by atoms with E-state index in [-0.39, 0.29) is 5.60 Å². The summed E-state index contributed by atoms with van der Waals surface area (Å²) in [6.45, 7) is 26.7. The van der Waals surface area contributed by atoms with E-state index in [0.717, 1.165) is 0 Å². The minimum Gasteiger partial charge on any atom is -0.439 e. The van der Waals surface area contributed by atoms with E-state index in [1.807, 2.05) is 0 Å². The van der Waals surface area contributed by atoms with Gasteiger partial charge in [-0.2, -0.15) is 0 Å². The largest absolute Gasteiger partial charge is 0.439 e. The van der Waals surface area contributed by atoms with Crippen LogP contribution in [0.1, 0.15) is 27.7 Å². The Morgan fingerprint density at radius 3 is 1.95 bits per heavy atom. The first-order valence-electron chi connectivity index (χ1n) is 8.44. The van der Waals surface area contributed by atoms with E-state index in [1.54, 1.807) is 0 Å². The molecule has 0 N–H and O–H groups in total. The van der Waals surface area contributed by atoms with Crippen molar-refractivity contribution in [2.75, 3.05) is 0 Å². The third kappa shape index (κ3) is 4.20. The van der Waals surface area contributed by atoms with Gasteiger partial charge in [-0.15, -0.1) is 0 Å². The van der Waals surface area contributed by atoms with Crippen molar-refractivity contribution in [1.82, 2.24) is 0 Å². The molecule has 1 unspecified atom stereocenters. The van der Waals surface area contributed by atoms with Crippen molar-refractivity contribution in [1.29, 1.82) is 0 Å². The molecule has 0 amide bonds. The summed E-state index contributed by atoms with van der Waals surface area (Å²) in [5.74, 6) is 0.665. The van der Waals surface area contributed by atoms with Gasteiger partial charge in [0.15, 0.2) is 8.32 Å². The minimum atomic E-state index is -2.12. The van der Waals surface area contributed by atoms with Crippen molar-refractivity contribution in [3.63, 3.8) is 0 Å². The predicted octanol–water partition coefficient (Wildman–Crippen LogP) is 5.32. The molecule has 0 aliphatic carbocycles. The average molecular weight is 363 g/mol. The molecule has 1 heterocycles. The highest BCUT2D eigenvalue weighted by atomic mass is 29.7. The number of rotatable bonds is 4. The molecule has 0 radical (unpaired) electrons. The highest BCUT2D eigenvalue weighted by molar-refractivity contribution is 7.67. The topological polar surface area (TPSA) is 18.5 Å². The smallest absolute Gasteiger partial charge is 0.303 e. The maximum absolute atomic E-state index is 7.02. The zero-order valence-electron chi connectivity index (χ0n) is 16.3. The Kier molecular flexibility index (Phi) is 5.38. The van der Waals surface area contributed by atoms with E-state index in [2.05, 4.69) is 73.5 Å². The number of hydrogen-bond donors (Lipinski definition) is 0. The second-order valence-corrected chi connectivity index (χ2v) is 40.0. The van der Waals surface area contributed by atoms with Crippen LogP contribution < -0.4 is 0 Å². The Bertz CT molecular complexity index is 382. The van der Waals surface area contributed by atoms with E-state index in [4.69, 9.17) is 8.54 Å². The van der Waals surface area contributed by atoms with Gasteiger partial charge in [-0.1, -0.05) is 40.0 Å². The second kappa shape index (κ2) is 5.70. The van der Waals surface area contributed by atoms with Gasteiger partial charge < -0.3 is 8.54 Å². The van der Waals surface area contributed by atoms with Crippen LogP contribution in [-0.2, 0) is 8.54 Å². The van der Waals surface area contributed by atoms with Crippen LogP contribution in [0.5, 0.6) is 0 Å². The third-order valence-electron chi connectivity index (χ3n) is 5.10. The fourth-order valence-electron chi connectivity index (χ4n) is 3.93. The maximum atomic E-state index is 7.02. The van der Waals surface area contributed by atoms with Gasteiger partial charge in [0, 0.05) is 7.59 Å². The summed E-state index contributed by atoms with van der Waals surface area (Å²) in [5.41, 5.74) is 0.0129. The van der Waals surface area contributed by atoms with Crippen LogP contribution in [0.25, 0.3) is 0 Å². The Labute approximate surface area is 137 Å². The molecular formula is C15H38O2Si4. The Hall–Kier alpha value is 0.788. The summed E-state index contributed by atoms with van der Waals surface area (Å²) in [6.07, 6.45) is 0. The molecule has 0 aromatic rings. The van der Waals surface area contributed by atoms with E-state index in [1.165, 1.54) is 12.1 Å². The van der Waals surface area contributed by atoms with Crippen LogP contribution in [0.3, 0.4) is 0 Å². The fraction of sp³-hybridized carbons (Fsp3) is 1.00. The monoisotopic (exact) mass is 362 g/mol. The van der Waals surface area contributed by atoms with Gasteiger partial charge >= 0.3 is 8.08 Å². The van der Waals surface area contributed by atoms with Crippen molar-refractivity contribution in [2.24, 2.45) is 5.92 Å². The molecule has 2 nitrogen and oxygen atoms in total. The van der Waals surface area contributed by atoms with Crippen LogP contribution in [0, 0.1) is 5.92 Å². The summed E-state index contributed by atoms with van der Waals surface area (Å²) >= 11 is 0. The highest BCUT2D eigenvalue weighted by Crippen LogP contribution is 2.47. The molecule has 126 valence electrons. The van der Waals surface area contributed by atoms with Gasteiger partial charge in [-0.3, -0.25) is 0 Å². The molecule has 1 aliphatic heterocycles. The molecule has 0 bridgehead atoms. The van der Waals surface area contributed by atoms with Crippen molar-refractivity contribution < 1.29 is 8.54 Å². The molecular weight excluding hydrogens is 325 g/mol. The summed E-state index contributed by atoms with van der Waals surface area (Å²) in [6, 6.07) is 2.48. The normalized spacial score (nSPS) is 31.4. The van der Waals surface area contributed by atoms with Crippen molar-refractivity contribution >= 4 is 31.1 Å². The Balaban J connectivity index is 3.41. The third-order valence-corrected chi connectivity index (χ3v) is 45.9. The molecule has 1 fully saturated rings. The van der Waals surface area contributed by atoms with Crippen LogP contribution in [0.2, 0.25) is 57.9 Å². The summed E-state index contributed by atoms with van der Waals surface area (Å²) in [4.78, 5) is 0. The van der Waals surface area contributed by atoms with Crippen LogP contribution in [-0.4, -0.2) is 36.7 Å². The molecule has 0 spiro atoms. The second-order valence-electron chi connectivity index (χ2n) is 10.1. The Morgan fingerprint density at radius 1 is 1.10 bits per heavy atom. The first kappa shape index (κ1) is 19.8. The quantitative estimate of drug-likeness (QED) is 0.630. The SMILES string of the molecule is CC(C)C[Si]1(O[Si](C)(C)C)OC(C)(C)C[Si](C)(C)[Si]1(C)C. The lowest BCUT2D eigenvalue weighted by atomic mass is 10.2. The minimum absolute atomic E-state index is 0.0129. The lowest BCUT2D eigenvalue weighted by Crippen LogP contribution is -2.82. The molecule has 6 heteroatoms. The van der Waals surface area contributed by atoms with Gasteiger partial charge in [0.05, 0.1) is 5.60 Å². The van der Waals surface area contributed by atoms with Gasteiger partial charge in [0.25, 0.3) is 0 Å². The molecule has 0 aromatic heterocycles. The molecule has 21 heavy (non-hydrogen) atoms. The standard InChI is InChI=1S/C15H38O2Si4/c1-14(2)12-21(17-18(5,6)7)16-15(3,4)13-19(8,9)20(21,10)11/h14H,12-13H2,1-11H3. The zero-order chi connectivity index (χ0) is 16.9. The van der Waals surface area contributed by atoms with Crippen molar-refractivity contribution in [3.05, 3.63) is 0 Å². The summed E-state index contributed by atoms with van der Waals surface area (Å²) in [5, 5.41) is 0.